The van der Waals surface area contributed by atoms with E-state index in [9.17, 15) is 8.42 Å². The van der Waals surface area contributed by atoms with Crippen molar-refractivity contribution in [2.75, 3.05) is 19.8 Å². The molecule has 0 amide bonds. The van der Waals surface area contributed by atoms with Crippen LogP contribution in [0, 0.1) is 6.92 Å². The van der Waals surface area contributed by atoms with Crippen LogP contribution in [0.3, 0.4) is 0 Å². The van der Waals surface area contributed by atoms with Crippen molar-refractivity contribution in [1.82, 2.24) is 9.62 Å². The first kappa shape index (κ1) is 11.6. The second-order valence-corrected chi connectivity index (χ2v) is 5.94. The van der Waals surface area contributed by atoms with E-state index in [4.69, 9.17) is 0 Å². The van der Waals surface area contributed by atoms with E-state index in [0.29, 0.717) is 18.1 Å². The van der Waals surface area contributed by atoms with Crippen LogP contribution in [0.1, 0.15) is 12.0 Å². The third kappa shape index (κ3) is 2.26. The van der Waals surface area contributed by atoms with E-state index in [1.54, 1.807) is 12.1 Å². The minimum absolute atomic E-state index is 0.377. The van der Waals surface area contributed by atoms with Gasteiger partial charge in [-0.05, 0) is 32.0 Å². The fourth-order valence-corrected chi connectivity index (χ4v) is 3.14. The molecule has 1 saturated heterocycles. The van der Waals surface area contributed by atoms with Crippen molar-refractivity contribution in [2.45, 2.75) is 18.2 Å². The summed E-state index contributed by atoms with van der Waals surface area (Å²) < 4.78 is 25.9. The average Bonchev–Trinajstić information content (AvgIpc) is 2.31. The Kier molecular flexibility index (Phi) is 3.28. The fourth-order valence-electron chi connectivity index (χ4n) is 1.73. The van der Waals surface area contributed by atoms with Gasteiger partial charge >= 0.3 is 0 Å². The second kappa shape index (κ2) is 4.53. The van der Waals surface area contributed by atoms with Crippen molar-refractivity contribution in [2.24, 2.45) is 0 Å². The summed E-state index contributed by atoms with van der Waals surface area (Å²) in [5.41, 5.74) is 1.07. The number of sulfonamides is 1. The highest BCUT2D eigenvalue weighted by Crippen LogP contribution is 2.16. The summed E-state index contributed by atoms with van der Waals surface area (Å²) in [6.45, 7) is 3.85. The summed E-state index contributed by atoms with van der Waals surface area (Å²) in [5.74, 6) is 0. The van der Waals surface area contributed by atoms with Gasteiger partial charge in [-0.1, -0.05) is 17.7 Å². The van der Waals surface area contributed by atoms with E-state index in [0.717, 1.165) is 18.5 Å². The standard InChI is InChI=1S/C11H16N2O2S/c1-10-3-5-11(6-4-10)16(14,15)13-8-2-7-12-9-13/h3-6,12H,2,7-9H2,1H3. The first-order valence-electron chi connectivity index (χ1n) is 5.38. The van der Waals surface area contributed by atoms with Crippen molar-refractivity contribution in [1.29, 1.82) is 0 Å². The quantitative estimate of drug-likeness (QED) is 0.837. The monoisotopic (exact) mass is 240 g/mol. The zero-order valence-electron chi connectivity index (χ0n) is 9.31. The molecule has 0 bridgehead atoms. The maximum absolute atomic E-state index is 12.2. The highest BCUT2D eigenvalue weighted by atomic mass is 32.2. The van der Waals surface area contributed by atoms with Gasteiger partial charge in [-0.3, -0.25) is 0 Å². The highest BCUT2D eigenvalue weighted by Gasteiger charge is 2.25. The summed E-state index contributed by atoms with van der Waals surface area (Å²) in [4.78, 5) is 0.377. The molecule has 0 aromatic heterocycles. The Hall–Kier alpha value is -0.910. The zero-order chi connectivity index (χ0) is 11.6. The lowest BCUT2D eigenvalue weighted by molar-refractivity contribution is 0.330. The Morgan fingerprint density at radius 3 is 2.50 bits per heavy atom. The van der Waals surface area contributed by atoms with Gasteiger partial charge in [0.05, 0.1) is 11.6 Å². The van der Waals surface area contributed by atoms with E-state index in [2.05, 4.69) is 5.32 Å². The maximum Gasteiger partial charge on any atom is 0.244 e. The van der Waals surface area contributed by atoms with E-state index in [1.165, 1.54) is 4.31 Å². The molecule has 1 N–H and O–H groups in total. The Balaban J connectivity index is 2.27. The highest BCUT2D eigenvalue weighted by molar-refractivity contribution is 7.89. The second-order valence-electron chi connectivity index (χ2n) is 4.01. The SMILES string of the molecule is Cc1ccc(S(=O)(=O)N2CCCNC2)cc1. The fraction of sp³-hybridized carbons (Fsp3) is 0.455. The van der Waals surface area contributed by atoms with Crippen LogP contribution >= 0.6 is 0 Å². The summed E-state index contributed by atoms with van der Waals surface area (Å²) in [5, 5.41) is 3.07. The molecular weight excluding hydrogens is 224 g/mol. The van der Waals surface area contributed by atoms with E-state index < -0.39 is 10.0 Å². The molecule has 4 nitrogen and oxygen atoms in total. The molecule has 1 aromatic carbocycles. The van der Waals surface area contributed by atoms with Gasteiger partial charge in [-0.15, -0.1) is 0 Å². The number of benzene rings is 1. The minimum atomic E-state index is -3.31. The van der Waals surface area contributed by atoms with Crippen LogP contribution in [0.15, 0.2) is 29.2 Å². The molecule has 1 aromatic rings. The third-order valence-corrected chi connectivity index (χ3v) is 4.57. The van der Waals surface area contributed by atoms with Gasteiger partial charge < -0.3 is 5.32 Å². The van der Waals surface area contributed by atoms with Crippen LogP contribution in [0.2, 0.25) is 0 Å². The van der Waals surface area contributed by atoms with Crippen LogP contribution in [-0.2, 0) is 10.0 Å². The predicted octanol–water partition coefficient (Wildman–Crippen LogP) is 0.937. The zero-order valence-corrected chi connectivity index (χ0v) is 10.1. The van der Waals surface area contributed by atoms with Gasteiger partial charge in [0.2, 0.25) is 10.0 Å². The molecule has 88 valence electrons. The molecule has 5 heteroatoms. The molecule has 16 heavy (non-hydrogen) atoms. The van der Waals surface area contributed by atoms with Gasteiger partial charge in [-0.25, -0.2) is 8.42 Å². The third-order valence-electron chi connectivity index (χ3n) is 2.71. The molecule has 0 spiro atoms. The Morgan fingerprint density at radius 2 is 1.94 bits per heavy atom. The van der Waals surface area contributed by atoms with E-state index in [-0.39, 0.29) is 0 Å². The summed E-state index contributed by atoms with van der Waals surface area (Å²) >= 11 is 0. The lowest BCUT2D eigenvalue weighted by atomic mass is 10.2. The van der Waals surface area contributed by atoms with Gasteiger partial charge in [0.1, 0.15) is 0 Å². The summed E-state index contributed by atoms with van der Waals surface area (Å²) in [7, 11) is -3.31. The minimum Gasteiger partial charge on any atom is -0.303 e. The number of nitrogens with one attached hydrogen (secondary N) is 1. The molecule has 1 aliphatic heterocycles. The average molecular weight is 240 g/mol. The van der Waals surface area contributed by atoms with Gasteiger partial charge in [-0.2, -0.15) is 4.31 Å². The molecule has 0 saturated carbocycles. The van der Waals surface area contributed by atoms with Crippen molar-refractivity contribution in [3.05, 3.63) is 29.8 Å². The van der Waals surface area contributed by atoms with E-state index in [1.807, 2.05) is 19.1 Å². The number of hydrogen-bond acceptors (Lipinski definition) is 3. The van der Waals surface area contributed by atoms with Crippen LogP contribution in [-0.4, -0.2) is 32.5 Å². The molecule has 0 atom stereocenters. The number of nitrogens with zero attached hydrogens (tertiary/aromatic N) is 1. The molecule has 0 radical (unpaired) electrons. The van der Waals surface area contributed by atoms with Crippen molar-refractivity contribution >= 4 is 10.0 Å². The smallest absolute Gasteiger partial charge is 0.244 e. The molecule has 1 fully saturated rings. The molecule has 0 unspecified atom stereocenters. The molecule has 0 aliphatic carbocycles. The topological polar surface area (TPSA) is 49.4 Å². The number of aryl methyl sites for hydroxylation is 1. The summed E-state index contributed by atoms with van der Waals surface area (Å²) in [6, 6.07) is 6.98. The Bertz CT molecular complexity index is 447. The number of hydrogen-bond donors (Lipinski definition) is 1. The van der Waals surface area contributed by atoms with Crippen LogP contribution < -0.4 is 5.32 Å². The van der Waals surface area contributed by atoms with Gasteiger partial charge in [0.25, 0.3) is 0 Å². The summed E-state index contributed by atoms with van der Waals surface area (Å²) in [6.07, 6.45) is 0.866. The molecule has 1 heterocycles. The van der Waals surface area contributed by atoms with E-state index >= 15 is 0 Å². The Morgan fingerprint density at radius 1 is 1.25 bits per heavy atom. The number of rotatable bonds is 2. The molecule has 2 rings (SSSR count). The first-order valence-corrected chi connectivity index (χ1v) is 6.82. The predicted molar refractivity (Wildman–Crippen MR) is 62.6 cm³/mol. The van der Waals surface area contributed by atoms with Crippen molar-refractivity contribution in [3.8, 4) is 0 Å². The first-order chi connectivity index (χ1) is 7.60. The van der Waals surface area contributed by atoms with Crippen LogP contribution in [0.4, 0.5) is 0 Å². The van der Waals surface area contributed by atoms with Crippen molar-refractivity contribution in [3.63, 3.8) is 0 Å². The van der Waals surface area contributed by atoms with Crippen LogP contribution in [0.25, 0.3) is 0 Å². The lowest BCUT2D eigenvalue weighted by Gasteiger charge is -2.26. The van der Waals surface area contributed by atoms with Crippen molar-refractivity contribution < 1.29 is 8.42 Å². The van der Waals surface area contributed by atoms with Gasteiger partial charge in [0.15, 0.2) is 0 Å². The van der Waals surface area contributed by atoms with Crippen LogP contribution in [0.5, 0.6) is 0 Å². The Labute approximate surface area is 96.3 Å². The normalized spacial score (nSPS) is 18.6. The molecule has 1 aliphatic rings. The van der Waals surface area contributed by atoms with Gasteiger partial charge in [0, 0.05) is 6.54 Å². The molecular formula is C11H16N2O2S. The maximum atomic E-state index is 12.2. The lowest BCUT2D eigenvalue weighted by Crippen LogP contribution is -2.44. The largest absolute Gasteiger partial charge is 0.303 e.